The number of halogens is 3. The minimum atomic E-state index is -4.22. The van der Waals surface area contributed by atoms with Gasteiger partial charge in [-0.15, -0.1) is 0 Å². The lowest BCUT2D eigenvalue weighted by Gasteiger charge is -2.33. The molecule has 0 fully saturated rings. The van der Waals surface area contributed by atoms with E-state index in [2.05, 4.69) is 5.32 Å². The third kappa shape index (κ3) is 9.67. The van der Waals surface area contributed by atoms with Gasteiger partial charge >= 0.3 is 6.18 Å². The minimum absolute atomic E-state index is 0.0523. The molecule has 0 aromatic heterocycles. The molecule has 0 aromatic carbocycles. The SMILES string of the molecule is CCCNCC(C)(C)CN(CCO)CC(F)(F)F. The van der Waals surface area contributed by atoms with Crippen molar-refractivity contribution in [2.45, 2.75) is 33.4 Å². The van der Waals surface area contributed by atoms with Crippen LogP contribution in [0.3, 0.4) is 0 Å². The van der Waals surface area contributed by atoms with Gasteiger partial charge < -0.3 is 10.4 Å². The van der Waals surface area contributed by atoms with Crippen LogP contribution in [0.1, 0.15) is 27.2 Å². The van der Waals surface area contributed by atoms with Crippen molar-refractivity contribution >= 4 is 0 Å². The number of aliphatic hydroxyl groups excluding tert-OH is 1. The van der Waals surface area contributed by atoms with Crippen LogP contribution in [0, 0.1) is 5.41 Å². The number of alkyl halides is 3. The summed E-state index contributed by atoms with van der Waals surface area (Å²) in [5.74, 6) is 0. The molecule has 0 aliphatic carbocycles. The summed E-state index contributed by atoms with van der Waals surface area (Å²) < 4.78 is 37.1. The number of hydrogen-bond acceptors (Lipinski definition) is 3. The molecule has 2 N–H and O–H groups in total. The van der Waals surface area contributed by atoms with E-state index >= 15 is 0 Å². The molecule has 3 nitrogen and oxygen atoms in total. The second kappa shape index (κ2) is 7.96. The van der Waals surface area contributed by atoms with Crippen molar-refractivity contribution in [2.75, 3.05) is 39.3 Å². The van der Waals surface area contributed by atoms with Crippen molar-refractivity contribution < 1.29 is 18.3 Å². The predicted molar refractivity (Wildman–Crippen MR) is 66.5 cm³/mol. The molecule has 0 atom stereocenters. The average molecular weight is 270 g/mol. The molecule has 0 aliphatic rings. The fraction of sp³-hybridized carbons (Fsp3) is 1.00. The van der Waals surface area contributed by atoms with E-state index < -0.39 is 12.7 Å². The minimum Gasteiger partial charge on any atom is -0.395 e. The van der Waals surface area contributed by atoms with E-state index in [4.69, 9.17) is 5.11 Å². The molecule has 0 heterocycles. The van der Waals surface area contributed by atoms with Crippen molar-refractivity contribution in [3.05, 3.63) is 0 Å². The van der Waals surface area contributed by atoms with Gasteiger partial charge in [-0.3, -0.25) is 4.90 Å². The largest absolute Gasteiger partial charge is 0.401 e. The van der Waals surface area contributed by atoms with Gasteiger partial charge in [-0.25, -0.2) is 0 Å². The fourth-order valence-corrected chi connectivity index (χ4v) is 1.87. The average Bonchev–Trinajstić information content (AvgIpc) is 2.14. The Kier molecular flexibility index (Phi) is 7.82. The molecule has 0 rings (SSSR count). The highest BCUT2D eigenvalue weighted by Gasteiger charge is 2.32. The van der Waals surface area contributed by atoms with Crippen LogP contribution in [0.4, 0.5) is 13.2 Å². The van der Waals surface area contributed by atoms with Gasteiger partial charge in [0.2, 0.25) is 0 Å². The topological polar surface area (TPSA) is 35.5 Å². The van der Waals surface area contributed by atoms with Gasteiger partial charge in [0, 0.05) is 19.6 Å². The lowest BCUT2D eigenvalue weighted by atomic mass is 9.92. The van der Waals surface area contributed by atoms with Crippen molar-refractivity contribution in [1.82, 2.24) is 10.2 Å². The van der Waals surface area contributed by atoms with E-state index in [1.54, 1.807) is 0 Å². The summed E-state index contributed by atoms with van der Waals surface area (Å²) in [4.78, 5) is 1.26. The quantitative estimate of drug-likeness (QED) is 0.628. The fourth-order valence-electron chi connectivity index (χ4n) is 1.87. The van der Waals surface area contributed by atoms with Gasteiger partial charge in [-0.2, -0.15) is 13.2 Å². The Bertz CT molecular complexity index is 220. The zero-order chi connectivity index (χ0) is 14.2. The van der Waals surface area contributed by atoms with Crippen LogP contribution < -0.4 is 5.32 Å². The predicted octanol–water partition coefficient (Wildman–Crippen LogP) is 1.87. The molecule has 18 heavy (non-hydrogen) atoms. The summed E-state index contributed by atoms with van der Waals surface area (Å²) in [6, 6.07) is 0. The second-order valence-electron chi connectivity index (χ2n) is 5.39. The molecule has 0 aromatic rings. The highest BCUT2D eigenvalue weighted by molar-refractivity contribution is 4.77. The van der Waals surface area contributed by atoms with E-state index in [9.17, 15) is 13.2 Å². The van der Waals surface area contributed by atoms with Crippen LogP contribution in [0.25, 0.3) is 0 Å². The van der Waals surface area contributed by atoms with Gasteiger partial charge in [0.05, 0.1) is 13.2 Å². The van der Waals surface area contributed by atoms with E-state index in [1.165, 1.54) is 4.90 Å². The molecular formula is C12H25F3N2O. The maximum absolute atomic E-state index is 12.4. The van der Waals surface area contributed by atoms with Crippen LogP contribution in [-0.2, 0) is 0 Å². The number of hydrogen-bond donors (Lipinski definition) is 2. The molecule has 0 saturated heterocycles. The van der Waals surface area contributed by atoms with Crippen molar-refractivity contribution in [3.63, 3.8) is 0 Å². The molecular weight excluding hydrogens is 245 g/mol. The summed E-state index contributed by atoms with van der Waals surface area (Å²) in [5, 5.41) is 12.0. The third-order valence-corrected chi connectivity index (χ3v) is 2.50. The van der Waals surface area contributed by atoms with Gasteiger partial charge in [0.25, 0.3) is 0 Å². The van der Waals surface area contributed by atoms with E-state index in [0.29, 0.717) is 13.1 Å². The van der Waals surface area contributed by atoms with Gasteiger partial charge in [-0.1, -0.05) is 20.8 Å². The maximum Gasteiger partial charge on any atom is 0.401 e. The normalized spacial score (nSPS) is 13.3. The van der Waals surface area contributed by atoms with Crippen LogP contribution in [0.15, 0.2) is 0 Å². The number of aliphatic hydroxyl groups is 1. The van der Waals surface area contributed by atoms with Crippen LogP contribution in [0.5, 0.6) is 0 Å². The Morgan fingerprint density at radius 3 is 2.22 bits per heavy atom. The summed E-state index contributed by atoms with van der Waals surface area (Å²) >= 11 is 0. The molecule has 0 bridgehead atoms. The zero-order valence-electron chi connectivity index (χ0n) is 11.5. The number of rotatable bonds is 9. The molecule has 0 aliphatic heterocycles. The van der Waals surface area contributed by atoms with Crippen molar-refractivity contribution in [1.29, 1.82) is 0 Å². The lowest BCUT2D eigenvalue weighted by Crippen LogP contribution is -2.45. The highest BCUT2D eigenvalue weighted by Crippen LogP contribution is 2.21. The van der Waals surface area contributed by atoms with E-state index in [0.717, 1.165) is 13.0 Å². The molecule has 6 heteroatoms. The van der Waals surface area contributed by atoms with Crippen LogP contribution in [0.2, 0.25) is 0 Å². The Labute approximate surface area is 107 Å². The van der Waals surface area contributed by atoms with Crippen LogP contribution in [-0.4, -0.2) is 55.5 Å². The number of nitrogens with zero attached hydrogens (tertiary/aromatic N) is 1. The molecule has 110 valence electrons. The summed E-state index contributed by atoms with van der Waals surface area (Å²) in [7, 11) is 0. The molecule has 0 spiro atoms. The monoisotopic (exact) mass is 270 g/mol. The van der Waals surface area contributed by atoms with Gasteiger partial charge in [0.15, 0.2) is 0 Å². The first kappa shape index (κ1) is 17.7. The summed E-state index contributed by atoms with van der Waals surface area (Å²) in [6.07, 6.45) is -3.22. The Morgan fingerprint density at radius 1 is 1.17 bits per heavy atom. The Balaban J connectivity index is 4.27. The second-order valence-corrected chi connectivity index (χ2v) is 5.39. The first-order chi connectivity index (χ1) is 8.20. The smallest absolute Gasteiger partial charge is 0.395 e. The maximum atomic E-state index is 12.4. The van der Waals surface area contributed by atoms with E-state index in [1.807, 2.05) is 20.8 Å². The van der Waals surface area contributed by atoms with Crippen LogP contribution >= 0.6 is 0 Å². The summed E-state index contributed by atoms with van der Waals surface area (Å²) in [6.45, 7) is 6.57. The molecule has 0 radical (unpaired) electrons. The van der Waals surface area contributed by atoms with Crippen molar-refractivity contribution in [3.8, 4) is 0 Å². The standard InChI is InChI=1S/C12H25F3N2O/c1-4-5-16-8-11(2,3)9-17(6-7-18)10-12(13,14)15/h16,18H,4-10H2,1-3H3. The zero-order valence-corrected chi connectivity index (χ0v) is 11.5. The van der Waals surface area contributed by atoms with Gasteiger partial charge in [0.1, 0.15) is 0 Å². The molecule has 0 unspecified atom stereocenters. The van der Waals surface area contributed by atoms with Gasteiger partial charge in [-0.05, 0) is 18.4 Å². The van der Waals surface area contributed by atoms with E-state index in [-0.39, 0.29) is 18.6 Å². The Morgan fingerprint density at radius 2 is 1.78 bits per heavy atom. The molecule has 0 saturated carbocycles. The van der Waals surface area contributed by atoms with Crippen molar-refractivity contribution in [2.24, 2.45) is 5.41 Å². The first-order valence-corrected chi connectivity index (χ1v) is 6.31. The first-order valence-electron chi connectivity index (χ1n) is 6.31. The molecule has 0 amide bonds. The highest BCUT2D eigenvalue weighted by atomic mass is 19.4. The number of nitrogens with one attached hydrogen (secondary N) is 1. The lowest BCUT2D eigenvalue weighted by molar-refractivity contribution is -0.149. The summed E-state index contributed by atoms with van der Waals surface area (Å²) in [5.41, 5.74) is -0.254. The third-order valence-electron chi connectivity index (χ3n) is 2.50. The Hall–Kier alpha value is -0.330.